The molecule has 1 aromatic rings. The molecule has 24 heavy (non-hydrogen) atoms. The Kier molecular flexibility index (Phi) is 6.11. The SMILES string of the molecule is O=C(O)CCCCNC(=O)c1ccc(N2CCCC2)c([N+](=O)[O-])c1. The van der Waals surface area contributed by atoms with Gasteiger partial charge in [0.1, 0.15) is 5.69 Å². The molecule has 2 rings (SSSR count). The van der Waals surface area contributed by atoms with Crippen molar-refractivity contribution in [3.05, 3.63) is 33.9 Å². The number of amides is 1. The lowest BCUT2D eigenvalue weighted by Crippen LogP contribution is -2.25. The van der Waals surface area contributed by atoms with E-state index in [9.17, 15) is 19.7 Å². The Morgan fingerprint density at radius 2 is 1.96 bits per heavy atom. The molecule has 1 aliphatic heterocycles. The molecule has 0 bridgehead atoms. The van der Waals surface area contributed by atoms with E-state index in [0.717, 1.165) is 25.9 Å². The number of aliphatic carboxylic acids is 1. The van der Waals surface area contributed by atoms with E-state index in [-0.39, 0.29) is 23.6 Å². The predicted octanol–water partition coefficient (Wildman–Crippen LogP) is 2.18. The Labute approximate surface area is 139 Å². The minimum Gasteiger partial charge on any atom is -0.481 e. The van der Waals surface area contributed by atoms with Crippen LogP contribution in [0.4, 0.5) is 11.4 Å². The van der Waals surface area contributed by atoms with E-state index in [2.05, 4.69) is 5.32 Å². The number of anilines is 1. The maximum atomic E-state index is 12.1. The highest BCUT2D eigenvalue weighted by Crippen LogP contribution is 2.31. The molecule has 1 aliphatic rings. The van der Waals surface area contributed by atoms with Crippen molar-refractivity contribution in [3.63, 3.8) is 0 Å². The molecule has 130 valence electrons. The summed E-state index contributed by atoms with van der Waals surface area (Å²) in [4.78, 5) is 35.3. The van der Waals surface area contributed by atoms with Crippen LogP contribution in [0.2, 0.25) is 0 Å². The quantitative estimate of drug-likeness (QED) is 0.428. The van der Waals surface area contributed by atoms with Crippen LogP contribution in [0.3, 0.4) is 0 Å². The average Bonchev–Trinajstić information content (AvgIpc) is 3.07. The molecule has 1 heterocycles. The van der Waals surface area contributed by atoms with Crippen molar-refractivity contribution in [2.24, 2.45) is 0 Å². The van der Waals surface area contributed by atoms with Gasteiger partial charge < -0.3 is 15.3 Å². The van der Waals surface area contributed by atoms with Crippen LogP contribution in [0.5, 0.6) is 0 Å². The number of nitro benzene ring substituents is 1. The summed E-state index contributed by atoms with van der Waals surface area (Å²) in [6.45, 7) is 1.92. The zero-order valence-electron chi connectivity index (χ0n) is 13.4. The first-order valence-corrected chi connectivity index (χ1v) is 8.02. The summed E-state index contributed by atoms with van der Waals surface area (Å²) in [5.41, 5.74) is 0.730. The van der Waals surface area contributed by atoms with Gasteiger partial charge in [-0.1, -0.05) is 0 Å². The summed E-state index contributed by atoms with van der Waals surface area (Å²) in [5.74, 6) is -1.25. The third-order valence-electron chi connectivity index (χ3n) is 3.98. The largest absolute Gasteiger partial charge is 0.481 e. The van der Waals surface area contributed by atoms with E-state index in [0.29, 0.717) is 25.1 Å². The molecular formula is C16H21N3O5. The number of rotatable bonds is 8. The van der Waals surface area contributed by atoms with Crippen molar-refractivity contribution in [2.45, 2.75) is 32.1 Å². The van der Waals surface area contributed by atoms with E-state index >= 15 is 0 Å². The van der Waals surface area contributed by atoms with Gasteiger partial charge in [0.25, 0.3) is 11.6 Å². The Bertz CT molecular complexity index is 626. The second-order valence-corrected chi connectivity index (χ2v) is 5.76. The number of unbranched alkanes of at least 4 members (excludes halogenated alkanes) is 1. The lowest BCUT2D eigenvalue weighted by atomic mass is 10.1. The maximum absolute atomic E-state index is 12.1. The fourth-order valence-corrected chi connectivity index (χ4v) is 2.74. The molecular weight excluding hydrogens is 314 g/mol. The first kappa shape index (κ1) is 17.7. The highest BCUT2D eigenvalue weighted by molar-refractivity contribution is 5.95. The summed E-state index contributed by atoms with van der Waals surface area (Å²) in [6, 6.07) is 4.52. The zero-order chi connectivity index (χ0) is 17.5. The lowest BCUT2D eigenvalue weighted by Gasteiger charge is -2.17. The van der Waals surface area contributed by atoms with Gasteiger partial charge in [0.15, 0.2) is 0 Å². The van der Waals surface area contributed by atoms with E-state index in [1.165, 1.54) is 6.07 Å². The molecule has 1 aromatic carbocycles. The molecule has 0 spiro atoms. The molecule has 8 nitrogen and oxygen atoms in total. The highest BCUT2D eigenvalue weighted by Gasteiger charge is 2.23. The molecule has 0 unspecified atom stereocenters. The van der Waals surface area contributed by atoms with Crippen LogP contribution < -0.4 is 10.2 Å². The number of carboxylic acid groups (broad SMARTS) is 1. The molecule has 1 amide bonds. The summed E-state index contributed by atoms with van der Waals surface area (Å²) in [6.07, 6.45) is 3.10. The fourth-order valence-electron chi connectivity index (χ4n) is 2.74. The van der Waals surface area contributed by atoms with E-state index in [4.69, 9.17) is 5.11 Å². The van der Waals surface area contributed by atoms with Gasteiger partial charge in [0, 0.05) is 37.7 Å². The number of nitrogens with one attached hydrogen (secondary N) is 1. The topological polar surface area (TPSA) is 113 Å². The number of nitrogens with zero attached hydrogens (tertiary/aromatic N) is 2. The molecule has 0 aromatic heterocycles. The van der Waals surface area contributed by atoms with Crippen LogP contribution in [-0.2, 0) is 4.79 Å². The lowest BCUT2D eigenvalue weighted by molar-refractivity contribution is -0.384. The first-order chi connectivity index (χ1) is 11.5. The Hall–Kier alpha value is -2.64. The minimum atomic E-state index is -0.866. The minimum absolute atomic E-state index is 0.0598. The van der Waals surface area contributed by atoms with Crippen LogP contribution in [-0.4, -0.2) is 41.5 Å². The van der Waals surface area contributed by atoms with Crippen LogP contribution in [0.15, 0.2) is 18.2 Å². The Balaban J connectivity index is 1.99. The number of benzene rings is 1. The van der Waals surface area contributed by atoms with Crippen molar-refractivity contribution in [1.82, 2.24) is 5.32 Å². The Morgan fingerprint density at radius 1 is 1.25 bits per heavy atom. The number of carboxylic acids is 1. The van der Waals surface area contributed by atoms with Gasteiger partial charge in [-0.05, 0) is 37.8 Å². The molecule has 0 radical (unpaired) electrons. The molecule has 0 aliphatic carbocycles. The summed E-state index contributed by atoms with van der Waals surface area (Å²) >= 11 is 0. The molecule has 0 atom stereocenters. The molecule has 1 saturated heterocycles. The van der Waals surface area contributed by atoms with Gasteiger partial charge in [-0.2, -0.15) is 0 Å². The third kappa shape index (κ3) is 4.68. The molecule has 8 heteroatoms. The van der Waals surface area contributed by atoms with Gasteiger partial charge >= 0.3 is 5.97 Å². The van der Waals surface area contributed by atoms with Crippen molar-refractivity contribution in [1.29, 1.82) is 0 Å². The highest BCUT2D eigenvalue weighted by atomic mass is 16.6. The van der Waals surface area contributed by atoms with Gasteiger partial charge in [0.2, 0.25) is 0 Å². The zero-order valence-corrected chi connectivity index (χ0v) is 13.4. The second kappa shape index (κ2) is 8.28. The molecule has 0 saturated carbocycles. The summed E-state index contributed by atoms with van der Waals surface area (Å²) in [5, 5.41) is 22.5. The first-order valence-electron chi connectivity index (χ1n) is 8.02. The van der Waals surface area contributed by atoms with E-state index in [1.54, 1.807) is 12.1 Å². The number of carbonyl (C=O) groups is 2. The Morgan fingerprint density at radius 3 is 2.58 bits per heavy atom. The van der Waals surface area contributed by atoms with Crippen molar-refractivity contribution < 1.29 is 19.6 Å². The van der Waals surface area contributed by atoms with Crippen LogP contribution in [0.25, 0.3) is 0 Å². The second-order valence-electron chi connectivity index (χ2n) is 5.76. The van der Waals surface area contributed by atoms with Gasteiger partial charge in [0.05, 0.1) is 4.92 Å². The molecule has 1 fully saturated rings. The normalized spacial score (nSPS) is 13.8. The monoisotopic (exact) mass is 335 g/mol. The van der Waals surface area contributed by atoms with Crippen molar-refractivity contribution in [2.75, 3.05) is 24.5 Å². The van der Waals surface area contributed by atoms with Gasteiger partial charge in [-0.25, -0.2) is 0 Å². The van der Waals surface area contributed by atoms with Crippen LogP contribution >= 0.6 is 0 Å². The van der Waals surface area contributed by atoms with Crippen LogP contribution in [0, 0.1) is 10.1 Å². The van der Waals surface area contributed by atoms with Crippen molar-refractivity contribution in [3.8, 4) is 0 Å². The van der Waals surface area contributed by atoms with Gasteiger partial charge in [-0.15, -0.1) is 0 Å². The summed E-state index contributed by atoms with van der Waals surface area (Å²) in [7, 11) is 0. The number of hydrogen-bond acceptors (Lipinski definition) is 5. The summed E-state index contributed by atoms with van der Waals surface area (Å²) < 4.78 is 0. The van der Waals surface area contributed by atoms with Crippen LogP contribution in [0.1, 0.15) is 42.5 Å². The van der Waals surface area contributed by atoms with Gasteiger partial charge in [-0.3, -0.25) is 19.7 Å². The standard InChI is InChI=1S/C16H21N3O5/c20-15(21)5-1-2-8-17-16(22)12-6-7-13(14(11-12)19(23)24)18-9-3-4-10-18/h6-7,11H,1-5,8-10H2,(H,17,22)(H,20,21). The van der Waals surface area contributed by atoms with E-state index in [1.807, 2.05) is 4.90 Å². The maximum Gasteiger partial charge on any atom is 0.303 e. The van der Waals surface area contributed by atoms with E-state index < -0.39 is 10.9 Å². The number of hydrogen-bond donors (Lipinski definition) is 2. The third-order valence-corrected chi connectivity index (χ3v) is 3.98. The predicted molar refractivity (Wildman–Crippen MR) is 88.4 cm³/mol. The smallest absolute Gasteiger partial charge is 0.303 e. The number of carbonyl (C=O) groups excluding carboxylic acids is 1. The molecule has 2 N–H and O–H groups in total. The van der Waals surface area contributed by atoms with Crippen molar-refractivity contribution >= 4 is 23.3 Å². The number of nitro groups is 1. The average molecular weight is 335 g/mol. The fraction of sp³-hybridized carbons (Fsp3) is 0.500.